The maximum atomic E-state index is 13.8. The van der Waals surface area contributed by atoms with Crippen LogP contribution in [0, 0.1) is 21.7 Å². The molecule has 10 heteroatoms. The van der Waals surface area contributed by atoms with E-state index in [2.05, 4.69) is 10.3 Å². The van der Waals surface area contributed by atoms with Crippen LogP contribution in [0.2, 0.25) is 0 Å². The predicted octanol–water partition coefficient (Wildman–Crippen LogP) is 1.47. The van der Waals surface area contributed by atoms with Gasteiger partial charge in [-0.1, -0.05) is 5.21 Å². The maximum absolute atomic E-state index is 13.8. The number of nitro groups is 1. The minimum Gasteiger partial charge on any atom is -0.481 e. The van der Waals surface area contributed by atoms with Crippen molar-refractivity contribution >= 4 is 11.7 Å². The van der Waals surface area contributed by atoms with Crippen molar-refractivity contribution in [1.82, 2.24) is 15.0 Å². The third kappa shape index (κ3) is 3.16. The number of carboxylic acids is 1. The Morgan fingerprint density at radius 2 is 2.14 bits per heavy atom. The number of aryl methyl sites for hydroxylation is 1. The van der Waals surface area contributed by atoms with Crippen molar-refractivity contribution in [3.05, 3.63) is 45.8 Å². The summed E-state index contributed by atoms with van der Waals surface area (Å²) < 4.78 is 27.6. The third-order valence-corrected chi connectivity index (χ3v) is 2.57. The number of nitro benzene ring substituents is 1. The summed E-state index contributed by atoms with van der Waals surface area (Å²) in [7, 11) is 0. The highest BCUT2D eigenvalue weighted by molar-refractivity contribution is 5.66. The molecule has 1 aromatic heterocycles. The topological polar surface area (TPSA) is 111 Å². The van der Waals surface area contributed by atoms with Gasteiger partial charge in [0, 0.05) is 12.5 Å². The van der Waals surface area contributed by atoms with Crippen LogP contribution in [0.4, 0.5) is 14.5 Å². The first kappa shape index (κ1) is 14.5. The first-order valence-electron chi connectivity index (χ1n) is 5.65. The van der Waals surface area contributed by atoms with E-state index in [-0.39, 0.29) is 18.5 Å². The van der Waals surface area contributed by atoms with E-state index in [1.54, 1.807) is 0 Å². The van der Waals surface area contributed by atoms with Crippen molar-refractivity contribution in [3.8, 4) is 5.69 Å². The second-order valence-corrected chi connectivity index (χ2v) is 4.06. The molecule has 0 aliphatic rings. The average molecular weight is 298 g/mol. The van der Waals surface area contributed by atoms with E-state index >= 15 is 0 Å². The van der Waals surface area contributed by atoms with Gasteiger partial charge in [-0.15, -0.1) is 5.10 Å². The Hall–Kier alpha value is -2.91. The Morgan fingerprint density at radius 1 is 1.43 bits per heavy atom. The molecule has 0 spiro atoms. The molecule has 0 amide bonds. The third-order valence-electron chi connectivity index (χ3n) is 2.57. The summed E-state index contributed by atoms with van der Waals surface area (Å²) in [5.74, 6) is -3.31. The van der Waals surface area contributed by atoms with Gasteiger partial charge in [-0.3, -0.25) is 14.9 Å². The Morgan fingerprint density at radius 3 is 2.76 bits per heavy atom. The number of hydrogen-bond acceptors (Lipinski definition) is 5. The van der Waals surface area contributed by atoms with E-state index in [0.29, 0.717) is 12.1 Å². The van der Waals surface area contributed by atoms with Crippen LogP contribution in [0.25, 0.3) is 5.69 Å². The molecule has 0 radical (unpaired) electrons. The number of nitrogens with zero attached hydrogens (tertiary/aromatic N) is 4. The van der Waals surface area contributed by atoms with Crippen molar-refractivity contribution < 1.29 is 23.6 Å². The van der Waals surface area contributed by atoms with Crippen LogP contribution in [0.3, 0.4) is 0 Å². The highest BCUT2D eigenvalue weighted by Gasteiger charge is 2.23. The number of rotatable bonds is 5. The lowest BCUT2D eigenvalue weighted by Crippen LogP contribution is -2.05. The molecule has 2 aromatic rings. The Bertz CT molecular complexity index is 716. The van der Waals surface area contributed by atoms with Gasteiger partial charge in [0.25, 0.3) is 0 Å². The molecule has 0 unspecified atom stereocenters. The molecule has 21 heavy (non-hydrogen) atoms. The van der Waals surface area contributed by atoms with E-state index in [9.17, 15) is 23.7 Å². The lowest BCUT2D eigenvalue weighted by molar-refractivity contribution is -0.385. The van der Waals surface area contributed by atoms with Crippen LogP contribution >= 0.6 is 0 Å². The smallest absolute Gasteiger partial charge is 0.303 e. The van der Waals surface area contributed by atoms with Gasteiger partial charge in [0.2, 0.25) is 0 Å². The molecule has 0 atom stereocenters. The summed E-state index contributed by atoms with van der Waals surface area (Å²) in [5.41, 5.74) is -1.15. The maximum Gasteiger partial charge on any atom is 0.303 e. The summed E-state index contributed by atoms with van der Waals surface area (Å²) in [4.78, 5) is 20.3. The lowest BCUT2D eigenvalue weighted by Gasteiger charge is -2.03. The number of aromatic nitrogens is 3. The molecule has 0 aliphatic heterocycles. The highest BCUT2D eigenvalue weighted by atomic mass is 19.1. The molecule has 1 N–H and O–H groups in total. The first-order valence-corrected chi connectivity index (χ1v) is 5.65. The first-order chi connectivity index (χ1) is 9.88. The summed E-state index contributed by atoms with van der Waals surface area (Å²) in [5, 5.41) is 26.5. The number of aliphatic carboxylic acids is 1. The van der Waals surface area contributed by atoms with Crippen LogP contribution in [-0.4, -0.2) is 31.0 Å². The van der Waals surface area contributed by atoms with Gasteiger partial charge < -0.3 is 5.11 Å². The van der Waals surface area contributed by atoms with Crippen molar-refractivity contribution in [1.29, 1.82) is 0 Å². The zero-order chi connectivity index (χ0) is 15.6. The Balaban J connectivity index is 2.42. The Kier molecular flexibility index (Phi) is 3.87. The van der Waals surface area contributed by atoms with Crippen molar-refractivity contribution in [2.75, 3.05) is 0 Å². The van der Waals surface area contributed by atoms with Crippen LogP contribution in [-0.2, 0) is 11.2 Å². The van der Waals surface area contributed by atoms with Gasteiger partial charge in [-0.2, -0.15) is 0 Å². The summed E-state index contributed by atoms with van der Waals surface area (Å²) in [6.45, 7) is 0. The molecule has 110 valence electrons. The molecular weight excluding hydrogens is 290 g/mol. The minimum absolute atomic E-state index is 0.0337. The zero-order valence-electron chi connectivity index (χ0n) is 10.4. The zero-order valence-corrected chi connectivity index (χ0v) is 10.4. The van der Waals surface area contributed by atoms with Gasteiger partial charge in [0.1, 0.15) is 5.82 Å². The summed E-state index contributed by atoms with van der Waals surface area (Å²) in [6, 6.07) is 1.05. The molecule has 0 saturated carbocycles. The standard InChI is InChI=1S/C11H8F2N4O4/c12-6-3-8(13)11(9(4-6)17(20)21)16-5-7(14-15-16)1-2-10(18)19/h3-5H,1-2H2,(H,18,19). The van der Waals surface area contributed by atoms with E-state index in [4.69, 9.17) is 5.11 Å². The van der Waals surface area contributed by atoms with Crippen molar-refractivity contribution in [2.45, 2.75) is 12.8 Å². The molecule has 0 saturated heterocycles. The largest absolute Gasteiger partial charge is 0.481 e. The summed E-state index contributed by atoms with van der Waals surface area (Å²) >= 11 is 0. The quantitative estimate of drug-likeness (QED) is 0.661. The SMILES string of the molecule is O=C(O)CCc1cn(-c2c(F)cc(F)cc2[N+](=O)[O-])nn1. The predicted molar refractivity (Wildman–Crippen MR) is 63.9 cm³/mol. The lowest BCUT2D eigenvalue weighted by atomic mass is 10.2. The van der Waals surface area contributed by atoms with Gasteiger partial charge in [-0.25, -0.2) is 13.5 Å². The molecule has 2 rings (SSSR count). The van der Waals surface area contributed by atoms with Gasteiger partial charge >= 0.3 is 11.7 Å². The van der Waals surface area contributed by atoms with E-state index in [1.165, 1.54) is 0 Å². The van der Waals surface area contributed by atoms with Crippen LogP contribution in [0.1, 0.15) is 12.1 Å². The van der Waals surface area contributed by atoms with Gasteiger partial charge in [0.15, 0.2) is 11.5 Å². The number of benzene rings is 1. The fourth-order valence-corrected chi connectivity index (χ4v) is 1.68. The van der Waals surface area contributed by atoms with Crippen LogP contribution in [0.15, 0.2) is 18.3 Å². The van der Waals surface area contributed by atoms with Gasteiger partial charge in [0.05, 0.1) is 29.3 Å². The molecule has 1 heterocycles. The molecule has 0 aliphatic carbocycles. The van der Waals surface area contributed by atoms with Crippen LogP contribution in [0.5, 0.6) is 0 Å². The molecule has 8 nitrogen and oxygen atoms in total. The van der Waals surface area contributed by atoms with Gasteiger partial charge in [-0.05, 0) is 0 Å². The molecule has 1 aromatic carbocycles. The Labute approximate surface area is 115 Å². The number of halogens is 2. The van der Waals surface area contributed by atoms with Crippen molar-refractivity contribution in [3.63, 3.8) is 0 Å². The minimum atomic E-state index is -1.17. The molecular formula is C11H8F2N4O4. The number of carboxylic acid groups (broad SMARTS) is 1. The van der Waals surface area contributed by atoms with E-state index < -0.39 is 33.9 Å². The molecule has 0 fully saturated rings. The summed E-state index contributed by atoms with van der Waals surface area (Å²) in [6.07, 6.45) is 0.977. The van der Waals surface area contributed by atoms with Crippen LogP contribution < -0.4 is 0 Å². The fraction of sp³-hybridized carbons (Fsp3) is 0.182. The van der Waals surface area contributed by atoms with E-state index in [1.807, 2.05) is 0 Å². The fourth-order valence-electron chi connectivity index (χ4n) is 1.68. The molecule has 0 bridgehead atoms. The number of carbonyl (C=O) groups is 1. The van der Waals surface area contributed by atoms with Crippen molar-refractivity contribution in [2.24, 2.45) is 0 Å². The number of hydrogen-bond donors (Lipinski definition) is 1. The van der Waals surface area contributed by atoms with E-state index in [0.717, 1.165) is 10.9 Å². The normalized spacial score (nSPS) is 10.6. The second-order valence-electron chi connectivity index (χ2n) is 4.06. The monoisotopic (exact) mass is 298 g/mol. The average Bonchev–Trinajstić information content (AvgIpc) is 2.83. The highest BCUT2D eigenvalue weighted by Crippen LogP contribution is 2.26. The second kappa shape index (κ2) is 5.61.